The van der Waals surface area contributed by atoms with Gasteiger partial charge in [-0.2, -0.15) is 10.2 Å². The van der Waals surface area contributed by atoms with Crippen LogP contribution in [0.25, 0.3) is 22.2 Å². The minimum atomic E-state index is -0.199. The number of hydrogen-bond acceptors (Lipinski definition) is 5. The van der Waals surface area contributed by atoms with Crippen LogP contribution in [-0.2, 0) is 17.9 Å². The number of nitrogens with one attached hydrogen (secondary N) is 1. The lowest BCUT2D eigenvalue weighted by Gasteiger charge is -2.09. The van der Waals surface area contributed by atoms with Crippen LogP contribution in [0.15, 0.2) is 60.8 Å². The van der Waals surface area contributed by atoms with Crippen molar-refractivity contribution in [2.45, 2.75) is 33.9 Å². The van der Waals surface area contributed by atoms with Gasteiger partial charge >= 0.3 is 0 Å². The number of amides is 1. The highest BCUT2D eigenvalue weighted by molar-refractivity contribution is 6.30. The number of aromatic nitrogens is 5. The summed E-state index contributed by atoms with van der Waals surface area (Å²) in [6.07, 6.45) is 1.74. The molecule has 0 atom stereocenters. The van der Waals surface area contributed by atoms with E-state index in [1.165, 1.54) is 0 Å². The largest absolute Gasteiger partial charge is 0.497 e. The fourth-order valence-electron chi connectivity index (χ4n) is 4.56. The van der Waals surface area contributed by atoms with E-state index >= 15 is 0 Å². The minimum Gasteiger partial charge on any atom is -0.497 e. The van der Waals surface area contributed by atoms with Crippen LogP contribution in [0, 0.1) is 20.8 Å². The Morgan fingerprint density at radius 1 is 1.00 bits per heavy atom. The average Bonchev–Trinajstić information content (AvgIpc) is 3.34. The van der Waals surface area contributed by atoms with Crippen molar-refractivity contribution >= 4 is 34.2 Å². The van der Waals surface area contributed by atoms with Crippen molar-refractivity contribution in [2.24, 2.45) is 0 Å². The molecule has 3 heterocycles. The highest BCUT2D eigenvalue weighted by atomic mass is 35.5. The molecule has 8 nitrogen and oxygen atoms in total. The van der Waals surface area contributed by atoms with Crippen molar-refractivity contribution in [3.05, 3.63) is 88.5 Å². The second-order valence-corrected chi connectivity index (χ2v) is 9.35. The maximum atomic E-state index is 13.1. The van der Waals surface area contributed by atoms with Gasteiger partial charge in [0.15, 0.2) is 5.65 Å². The molecule has 5 aromatic rings. The van der Waals surface area contributed by atoms with Gasteiger partial charge in [0.2, 0.25) is 5.91 Å². The molecule has 188 valence electrons. The minimum absolute atomic E-state index is 0.0295. The molecule has 3 aromatic heterocycles. The monoisotopic (exact) mass is 514 g/mol. The predicted molar refractivity (Wildman–Crippen MR) is 145 cm³/mol. The van der Waals surface area contributed by atoms with E-state index in [4.69, 9.17) is 16.3 Å². The third-order valence-corrected chi connectivity index (χ3v) is 6.60. The van der Waals surface area contributed by atoms with Gasteiger partial charge in [0.1, 0.15) is 12.3 Å². The van der Waals surface area contributed by atoms with Crippen molar-refractivity contribution in [1.29, 1.82) is 0 Å². The maximum absolute atomic E-state index is 13.1. The van der Waals surface area contributed by atoms with Crippen LogP contribution >= 0.6 is 11.6 Å². The molecule has 37 heavy (non-hydrogen) atoms. The third-order valence-electron chi connectivity index (χ3n) is 6.37. The maximum Gasteiger partial charge on any atom is 0.246 e. The average molecular weight is 515 g/mol. The number of carbonyl (C=O) groups excluding carboxylic acids is 1. The lowest BCUT2D eigenvalue weighted by molar-refractivity contribution is -0.116. The van der Waals surface area contributed by atoms with E-state index in [1.807, 2.05) is 80.1 Å². The molecule has 0 aliphatic heterocycles. The van der Waals surface area contributed by atoms with Crippen LogP contribution in [-0.4, -0.2) is 37.6 Å². The summed E-state index contributed by atoms with van der Waals surface area (Å²) in [6, 6.07) is 17.5. The van der Waals surface area contributed by atoms with Gasteiger partial charge in [0.05, 0.1) is 36.4 Å². The molecule has 1 N–H and O–H groups in total. The van der Waals surface area contributed by atoms with Crippen LogP contribution in [0.5, 0.6) is 5.75 Å². The number of rotatable bonds is 7. The Kier molecular flexibility index (Phi) is 6.67. The molecule has 0 radical (unpaired) electrons. The molecule has 0 fully saturated rings. The summed E-state index contributed by atoms with van der Waals surface area (Å²) in [6.45, 7) is 6.34. The number of aryl methyl sites for hydroxylation is 2. The second-order valence-electron chi connectivity index (χ2n) is 8.91. The highest BCUT2D eigenvalue weighted by Gasteiger charge is 2.19. The van der Waals surface area contributed by atoms with Crippen molar-refractivity contribution < 1.29 is 9.53 Å². The number of hydrogen-bond donors (Lipinski definition) is 1. The molecule has 0 spiro atoms. The van der Waals surface area contributed by atoms with Gasteiger partial charge in [-0.3, -0.25) is 9.48 Å². The van der Waals surface area contributed by atoms with Gasteiger partial charge in [-0.05, 0) is 67.8 Å². The normalized spacial score (nSPS) is 11.2. The highest BCUT2D eigenvalue weighted by Crippen LogP contribution is 2.31. The van der Waals surface area contributed by atoms with E-state index in [1.54, 1.807) is 18.0 Å². The Bertz CT molecular complexity index is 1600. The van der Waals surface area contributed by atoms with Crippen LogP contribution in [0.1, 0.15) is 22.6 Å². The Morgan fingerprint density at radius 3 is 2.49 bits per heavy atom. The summed E-state index contributed by atoms with van der Waals surface area (Å²) >= 11 is 6.13. The van der Waals surface area contributed by atoms with Crippen molar-refractivity contribution in [1.82, 2.24) is 24.5 Å². The van der Waals surface area contributed by atoms with Crippen molar-refractivity contribution in [2.75, 3.05) is 12.4 Å². The molecule has 1 amide bonds. The first kappa shape index (κ1) is 24.5. The molecular formula is C28H27ClN6O2. The second kappa shape index (κ2) is 10.1. The number of fused-ring (bicyclic) bond motifs is 1. The van der Waals surface area contributed by atoms with Gasteiger partial charge < -0.3 is 10.1 Å². The Hall–Kier alpha value is -4.17. The third kappa shape index (κ3) is 4.93. The molecular weight excluding hydrogens is 488 g/mol. The van der Waals surface area contributed by atoms with E-state index in [0.717, 1.165) is 44.9 Å². The zero-order valence-corrected chi connectivity index (χ0v) is 21.9. The topological polar surface area (TPSA) is 86.9 Å². The van der Waals surface area contributed by atoms with E-state index in [-0.39, 0.29) is 12.5 Å². The molecule has 9 heteroatoms. The molecule has 5 rings (SSSR count). The smallest absolute Gasteiger partial charge is 0.246 e. The van der Waals surface area contributed by atoms with Gasteiger partial charge in [-0.1, -0.05) is 35.9 Å². The first-order chi connectivity index (χ1) is 17.8. The summed E-state index contributed by atoms with van der Waals surface area (Å²) in [4.78, 5) is 17.7. The summed E-state index contributed by atoms with van der Waals surface area (Å²) in [5.74, 6) is 0.592. The van der Waals surface area contributed by atoms with E-state index in [9.17, 15) is 4.79 Å². The summed E-state index contributed by atoms with van der Waals surface area (Å²) < 4.78 is 8.80. The van der Waals surface area contributed by atoms with E-state index in [2.05, 4.69) is 20.5 Å². The van der Waals surface area contributed by atoms with Crippen molar-refractivity contribution in [3.8, 4) is 16.9 Å². The van der Waals surface area contributed by atoms with Crippen LogP contribution in [0.4, 0.5) is 5.69 Å². The zero-order valence-electron chi connectivity index (χ0n) is 21.1. The van der Waals surface area contributed by atoms with Crippen LogP contribution in [0.2, 0.25) is 5.02 Å². The quantitative estimate of drug-likeness (QED) is 0.307. The zero-order chi connectivity index (χ0) is 26.1. The molecule has 0 saturated carbocycles. The number of anilines is 1. The predicted octanol–water partition coefficient (Wildman–Crippen LogP) is 5.57. The standard InChI is InChI=1S/C28H27ClN6O2/c1-17-26-24(21-8-10-23(37-4)11-9-21)12-13-30-28(26)35(32-17)16-25(36)31-27-18(2)33-34(19(27)3)15-20-6-5-7-22(29)14-20/h5-14H,15-16H2,1-4H3,(H,31,36). The van der Waals surface area contributed by atoms with E-state index < -0.39 is 0 Å². The first-order valence-electron chi connectivity index (χ1n) is 11.9. The SMILES string of the molecule is COc1ccc(-c2ccnc3c2c(C)nn3CC(=O)Nc2c(C)nn(Cc3cccc(Cl)c3)c2C)cc1. The number of benzene rings is 2. The molecule has 0 unspecified atom stereocenters. The van der Waals surface area contributed by atoms with Gasteiger partial charge in [-0.15, -0.1) is 0 Å². The lowest BCUT2D eigenvalue weighted by Crippen LogP contribution is -2.20. The summed E-state index contributed by atoms with van der Waals surface area (Å²) in [5, 5.41) is 13.9. The number of methoxy groups -OCH3 is 1. The molecule has 0 aliphatic carbocycles. The Labute approximate surface area is 219 Å². The van der Waals surface area contributed by atoms with Crippen LogP contribution in [0.3, 0.4) is 0 Å². The number of pyridine rings is 1. The van der Waals surface area contributed by atoms with E-state index in [0.29, 0.717) is 22.9 Å². The lowest BCUT2D eigenvalue weighted by atomic mass is 10.0. The fourth-order valence-corrected chi connectivity index (χ4v) is 4.77. The summed E-state index contributed by atoms with van der Waals surface area (Å²) in [7, 11) is 1.65. The summed E-state index contributed by atoms with van der Waals surface area (Å²) in [5.41, 5.74) is 6.85. The van der Waals surface area contributed by atoms with Gasteiger partial charge in [0.25, 0.3) is 0 Å². The Balaban J connectivity index is 1.38. The Morgan fingerprint density at radius 2 is 1.76 bits per heavy atom. The van der Waals surface area contributed by atoms with Crippen LogP contribution < -0.4 is 10.1 Å². The molecule has 0 aliphatic rings. The first-order valence-corrected chi connectivity index (χ1v) is 12.3. The van der Waals surface area contributed by atoms with Gasteiger partial charge in [-0.25, -0.2) is 9.67 Å². The van der Waals surface area contributed by atoms with Gasteiger partial charge in [0, 0.05) is 16.6 Å². The molecule has 0 bridgehead atoms. The molecule has 2 aromatic carbocycles. The fraction of sp³-hybridized carbons (Fsp3) is 0.214. The number of halogens is 1. The number of ether oxygens (including phenoxy) is 1. The van der Waals surface area contributed by atoms with Crippen molar-refractivity contribution in [3.63, 3.8) is 0 Å². The number of carbonyl (C=O) groups is 1. The number of nitrogens with zero attached hydrogens (tertiary/aromatic N) is 5. The molecule has 0 saturated heterocycles.